The summed E-state index contributed by atoms with van der Waals surface area (Å²) in [4.78, 5) is 5.82. The molecule has 0 N–H and O–H groups in total. The van der Waals surface area contributed by atoms with Crippen molar-refractivity contribution in [2.75, 3.05) is 0 Å². The van der Waals surface area contributed by atoms with Gasteiger partial charge in [0.05, 0.1) is 0 Å². The van der Waals surface area contributed by atoms with Gasteiger partial charge in [-0.2, -0.15) is 0 Å². The SMILES string of the molecule is Cc1ccncc1/C=C/Br. The van der Waals surface area contributed by atoms with E-state index >= 15 is 0 Å². The number of hydrogen-bond donors (Lipinski definition) is 0. The van der Waals surface area contributed by atoms with Gasteiger partial charge in [-0.25, -0.2) is 0 Å². The maximum Gasteiger partial charge on any atom is 0.0343 e. The van der Waals surface area contributed by atoms with Crippen molar-refractivity contribution in [3.63, 3.8) is 0 Å². The van der Waals surface area contributed by atoms with Crippen molar-refractivity contribution in [3.05, 3.63) is 34.6 Å². The molecule has 0 atom stereocenters. The van der Waals surface area contributed by atoms with Crippen molar-refractivity contribution in [2.24, 2.45) is 0 Å². The summed E-state index contributed by atoms with van der Waals surface area (Å²) in [6.45, 7) is 2.06. The lowest BCUT2D eigenvalue weighted by atomic mass is 10.2. The van der Waals surface area contributed by atoms with E-state index in [1.165, 1.54) is 5.56 Å². The van der Waals surface area contributed by atoms with E-state index < -0.39 is 0 Å². The molecule has 0 aliphatic carbocycles. The molecule has 0 unspecified atom stereocenters. The Kier molecular flexibility index (Phi) is 2.63. The topological polar surface area (TPSA) is 12.9 Å². The van der Waals surface area contributed by atoms with Crippen molar-refractivity contribution < 1.29 is 0 Å². The fourth-order valence-corrected chi connectivity index (χ4v) is 1.00. The van der Waals surface area contributed by atoms with Gasteiger partial charge in [-0.3, -0.25) is 4.98 Å². The Balaban J connectivity index is 3.03. The van der Waals surface area contributed by atoms with Crippen LogP contribution in [0.25, 0.3) is 6.08 Å². The van der Waals surface area contributed by atoms with Crippen LogP contribution in [0.4, 0.5) is 0 Å². The van der Waals surface area contributed by atoms with Crippen LogP contribution in [0, 0.1) is 6.92 Å². The van der Waals surface area contributed by atoms with Gasteiger partial charge in [0.2, 0.25) is 0 Å². The van der Waals surface area contributed by atoms with Crippen LogP contribution in [0.1, 0.15) is 11.1 Å². The van der Waals surface area contributed by atoms with Crippen LogP contribution >= 0.6 is 15.9 Å². The lowest BCUT2D eigenvalue weighted by Crippen LogP contribution is -1.79. The highest BCUT2D eigenvalue weighted by atomic mass is 79.9. The summed E-state index contributed by atoms with van der Waals surface area (Å²) in [7, 11) is 0. The van der Waals surface area contributed by atoms with Gasteiger partial charge in [-0.05, 0) is 35.2 Å². The normalized spacial score (nSPS) is 10.6. The minimum atomic E-state index is 1.15. The molecule has 0 aromatic carbocycles. The monoisotopic (exact) mass is 197 g/mol. The predicted octanol–water partition coefficient (Wildman–Crippen LogP) is 2.76. The Morgan fingerprint density at radius 3 is 3.00 bits per heavy atom. The summed E-state index contributed by atoms with van der Waals surface area (Å²) in [6, 6.07) is 1.99. The van der Waals surface area contributed by atoms with Crippen LogP contribution in [0.5, 0.6) is 0 Å². The zero-order chi connectivity index (χ0) is 7.40. The first kappa shape index (κ1) is 7.48. The number of rotatable bonds is 1. The van der Waals surface area contributed by atoms with Gasteiger partial charge >= 0.3 is 0 Å². The minimum absolute atomic E-state index is 1.15. The van der Waals surface area contributed by atoms with Crippen molar-refractivity contribution in [2.45, 2.75) is 6.92 Å². The molecule has 1 heterocycles. The molecule has 0 saturated heterocycles. The molecular formula is C8H8BrN. The summed E-state index contributed by atoms with van der Waals surface area (Å²) < 4.78 is 0. The van der Waals surface area contributed by atoms with E-state index in [0.717, 1.165) is 5.56 Å². The fraction of sp³-hybridized carbons (Fsp3) is 0.125. The van der Waals surface area contributed by atoms with Gasteiger partial charge in [-0.1, -0.05) is 15.9 Å². The highest BCUT2D eigenvalue weighted by Crippen LogP contribution is 2.07. The highest BCUT2D eigenvalue weighted by molar-refractivity contribution is 9.11. The van der Waals surface area contributed by atoms with Crippen LogP contribution in [0.3, 0.4) is 0 Å². The van der Waals surface area contributed by atoms with E-state index in [1.807, 2.05) is 23.3 Å². The van der Waals surface area contributed by atoms with E-state index in [1.54, 1.807) is 6.20 Å². The first-order chi connectivity index (χ1) is 4.84. The molecule has 0 radical (unpaired) electrons. The Bertz CT molecular complexity index is 243. The Labute approximate surface area is 68.9 Å². The molecule has 1 rings (SSSR count). The molecule has 1 nitrogen and oxygen atoms in total. The van der Waals surface area contributed by atoms with Crippen LogP contribution in [0.15, 0.2) is 23.4 Å². The number of aryl methyl sites for hydroxylation is 1. The van der Waals surface area contributed by atoms with Gasteiger partial charge in [0.15, 0.2) is 0 Å². The molecule has 0 amide bonds. The Morgan fingerprint density at radius 2 is 2.40 bits per heavy atom. The van der Waals surface area contributed by atoms with Gasteiger partial charge in [0.25, 0.3) is 0 Å². The lowest BCUT2D eigenvalue weighted by Gasteiger charge is -1.95. The molecule has 0 bridgehead atoms. The second kappa shape index (κ2) is 3.52. The average Bonchev–Trinajstić information content (AvgIpc) is 1.94. The Morgan fingerprint density at radius 1 is 1.60 bits per heavy atom. The van der Waals surface area contributed by atoms with Crippen LogP contribution in [0.2, 0.25) is 0 Å². The molecule has 0 aliphatic rings. The van der Waals surface area contributed by atoms with Gasteiger partial charge < -0.3 is 0 Å². The van der Waals surface area contributed by atoms with Crippen molar-refractivity contribution >= 4 is 22.0 Å². The van der Waals surface area contributed by atoms with E-state index in [2.05, 4.69) is 27.8 Å². The lowest BCUT2D eigenvalue weighted by molar-refractivity contribution is 1.27. The summed E-state index contributed by atoms with van der Waals surface area (Å²) >= 11 is 3.21. The standard InChI is InChI=1S/C8H8BrN/c1-7-3-5-10-6-8(7)2-4-9/h2-6H,1H3/b4-2+. The third-order valence-electron chi connectivity index (χ3n) is 1.32. The van der Waals surface area contributed by atoms with Gasteiger partial charge in [-0.15, -0.1) is 0 Å². The molecule has 0 spiro atoms. The molecule has 10 heavy (non-hydrogen) atoms. The van der Waals surface area contributed by atoms with Crippen molar-refractivity contribution in [3.8, 4) is 0 Å². The summed E-state index contributed by atoms with van der Waals surface area (Å²) in [5.74, 6) is 0. The number of hydrogen-bond acceptors (Lipinski definition) is 1. The maximum absolute atomic E-state index is 3.99. The number of aromatic nitrogens is 1. The van der Waals surface area contributed by atoms with E-state index in [-0.39, 0.29) is 0 Å². The first-order valence-corrected chi connectivity index (χ1v) is 3.93. The molecule has 0 fully saturated rings. The van der Waals surface area contributed by atoms with Crippen molar-refractivity contribution in [1.82, 2.24) is 4.98 Å². The molecule has 1 aromatic heterocycles. The minimum Gasteiger partial charge on any atom is -0.264 e. The number of nitrogens with zero attached hydrogens (tertiary/aromatic N) is 1. The highest BCUT2D eigenvalue weighted by Gasteiger charge is 1.89. The smallest absolute Gasteiger partial charge is 0.0343 e. The number of halogens is 1. The third-order valence-corrected chi connectivity index (χ3v) is 1.59. The summed E-state index contributed by atoms with van der Waals surface area (Å²) in [6.07, 6.45) is 5.61. The van der Waals surface area contributed by atoms with Crippen molar-refractivity contribution in [1.29, 1.82) is 0 Å². The van der Waals surface area contributed by atoms with E-state index in [9.17, 15) is 0 Å². The fourth-order valence-electron chi connectivity index (χ4n) is 0.719. The average molecular weight is 198 g/mol. The third kappa shape index (κ3) is 1.67. The van der Waals surface area contributed by atoms with E-state index in [0.29, 0.717) is 0 Å². The summed E-state index contributed by atoms with van der Waals surface area (Å²) in [5, 5.41) is 0. The zero-order valence-corrected chi connectivity index (χ0v) is 7.30. The quantitative estimate of drug-likeness (QED) is 0.676. The molecule has 0 saturated carbocycles. The molecule has 2 heteroatoms. The van der Waals surface area contributed by atoms with Crippen LogP contribution < -0.4 is 0 Å². The maximum atomic E-state index is 3.99. The first-order valence-electron chi connectivity index (χ1n) is 3.02. The van der Waals surface area contributed by atoms with Crippen LogP contribution in [-0.2, 0) is 0 Å². The molecule has 1 aromatic rings. The molecule has 0 aliphatic heterocycles. The molecule has 52 valence electrons. The Hall–Kier alpha value is -0.630. The largest absolute Gasteiger partial charge is 0.264 e. The second-order valence-corrected chi connectivity index (χ2v) is 2.55. The summed E-state index contributed by atoms with van der Waals surface area (Å²) in [5.41, 5.74) is 2.39. The molecular weight excluding hydrogens is 190 g/mol. The second-order valence-electron chi connectivity index (χ2n) is 2.02. The van der Waals surface area contributed by atoms with E-state index in [4.69, 9.17) is 0 Å². The van der Waals surface area contributed by atoms with Gasteiger partial charge in [0.1, 0.15) is 0 Å². The predicted molar refractivity (Wildman–Crippen MR) is 46.9 cm³/mol. The zero-order valence-electron chi connectivity index (χ0n) is 5.71. The number of pyridine rings is 1. The van der Waals surface area contributed by atoms with Crippen LogP contribution in [-0.4, -0.2) is 4.98 Å². The van der Waals surface area contributed by atoms with Gasteiger partial charge in [0, 0.05) is 12.4 Å².